The standard InChI is InChI=1S/C9H16F2N2/c1-2-8(13-12)7-3-5-9(10,11)6-4-7/h2,7-8,13H,1,3-6,12H2. The highest BCUT2D eigenvalue weighted by Gasteiger charge is 2.36. The number of rotatable bonds is 3. The molecule has 13 heavy (non-hydrogen) atoms. The third-order valence-corrected chi connectivity index (χ3v) is 2.72. The lowest BCUT2D eigenvalue weighted by Gasteiger charge is -2.31. The third-order valence-electron chi connectivity index (χ3n) is 2.72. The Bertz CT molecular complexity index is 172. The van der Waals surface area contributed by atoms with Gasteiger partial charge in [0, 0.05) is 18.9 Å². The van der Waals surface area contributed by atoms with E-state index >= 15 is 0 Å². The van der Waals surface area contributed by atoms with Crippen molar-refractivity contribution in [3.63, 3.8) is 0 Å². The summed E-state index contributed by atoms with van der Waals surface area (Å²) >= 11 is 0. The van der Waals surface area contributed by atoms with Crippen LogP contribution in [-0.4, -0.2) is 12.0 Å². The first-order valence-corrected chi connectivity index (χ1v) is 4.55. The Kier molecular flexibility index (Phi) is 3.39. The number of hydrogen-bond donors (Lipinski definition) is 2. The molecule has 1 fully saturated rings. The zero-order valence-electron chi connectivity index (χ0n) is 7.60. The average molecular weight is 190 g/mol. The van der Waals surface area contributed by atoms with Crippen LogP contribution in [0.25, 0.3) is 0 Å². The minimum absolute atomic E-state index is 0.0241. The van der Waals surface area contributed by atoms with Crippen molar-refractivity contribution in [2.45, 2.75) is 37.6 Å². The van der Waals surface area contributed by atoms with Crippen LogP contribution in [-0.2, 0) is 0 Å². The number of hydrogen-bond acceptors (Lipinski definition) is 2. The van der Waals surface area contributed by atoms with E-state index in [-0.39, 0.29) is 24.8 Å². The fraction of sp³-hybridized carbons (Fsp3) is 0.778. The lowest BCUT2D eigenvalue weighted by Crippen LogP contribution is -2.42. The molecule has 0 bridgehead atoms. The van der Waals surface area contributed by atoms with E-state index in [1.807, 2.05) is 0 Å². The van der Waals surface area contributed by atoms with E-state index in [1.54, 1.807) is 6.08 Å². The lowest BCUT2D eigenvalue weighted by molar-refractivity contribution is -0.0478. The minimum Gasteiger partial charge on any atom is -0.271 e. The van der Waals surface area contributed by atoms with Gasteiger partial charge in [-0.1, -0.05) is 6.08 Å². The molecule has 0 radical (unpaired) electrons. The SMILES string of the molecule is C=CC(NN)C1CCC(F)(F)CC1. The third kappa shape index (κ3) is 2.74. The molecule has 76 valence electrons. The van der Waals surface area contributed by atoms with Crippen LogP contribution in [0.4, 0.5) is 8.78 Å². The monoisotopic (exact) mass is 190 g/mol. The Morgan fingerprint density at radius 2 is 2.00 bits per heavy atom. The van der Waals surface area contributed by atoms with Gasteiger partial charge in [0.25, 0.3) is 0 Å². The first-order chi connectivity index (χ1) is 6.09. The van der Waals surface area contributed by atoms with Gasteiger partial charge in [0.15, 0.2) is 0 Å². The van der Waals surface area contributed by atoms with E-state index in [9.17, 15) is 8.78 Å². The maximum absolute atomic E-state index is 12.8. The molecule has 1 unspecified atom stereocenters. The first-order valence-electron chi connectivity index (χ1n) is 4.55. The quantitative estimate of drug-likeness (QED) is 0.405. The Hall–Kier alpha value is -0.480. The van der Waals surface area contributed by atoms with Gasteiger partial charge < -0.3 is 0 Å². The van der Waals surface area contributed by atoms with Crippen LogP contribution in [0.2, 0.25) is 0 Å². The fourth-order valence-electron chi connectivity index (χ4n) is 1.82. The van der Waals surface area contributed by atoms with E-state index in [4.69, 9.17) is 5.84 Å². The Morgan fingerprint density at radius 1 is 1.46 bits per heavy atom. The van der Waals surface area contributed by atoms with Gasteiger partial charge in [-0.25, -0.2) is 8.78 Å². The van der Waals surface area contributed by atoms with Gasteiger partial charge in [0.1, 0.15) is 0 Å². The van der Waals surface area contributed by atoms with E-state index < -0.39 is 5.92 Å². The maximum atomic E-state index is 12.8. The molecule has 0 aromatic carbocycles. The van der Waals surface area contributed by atoms with Crippen LogP contribution in [0, 0.1) is 5.92 Å². The molecule has 0 aromatic rings. The molecule has 0 saturated heterocycles. The van der Waals surface area contributed by atoms with Crippen LogP contribution in [0.1, 0.15) is 25.7 Å². The number of alkyl halides is 2. The number of nitrogens with two attached hydrogens (primary N) is 1. The highest BCUT2D eigenvalue weighted by atomic mass is 19.3. The van der Waals surface area contributed by atoms with E-state index in [1.165, 1.54) is 0 Å². The second-order valence-corrected chi connectivity index (χ2v) is 3.62. The van der Waals surface area contributed by atoms with E-state index in [0.717, 1.165) is 0 Å². The van der Waals surface area contributed by atoms with Gasteiger partial charge in [0.2, 0.25) is 5.92 Å². The van der Waals surface area contributed by atoms with Crippen LogP contribution < -0.4 is 11.3 Å². The lowest BCUT2D eigenvalue weighted by atomic mass is 9.82. The van der Waals surface area contributed by atoms with Crippen LogP contribution >= 0.6 is 0 Å². The zero-order valence-corrected chi connectivity index (χ0v) is 7.60. The summed E-state index contributed by atoms with van der Waals surface area (Å²) < 4.78 is 25.5. The van der Waals surface area contributed by atoms with Crippen LogP contribution in [0.3, 0.4) is 0 Å². The highest BCUT2D eigenvalue weighted by Crippen LogP contribution is 2.37. The van der Waals surface area contributed by atoms with Crippen molar-refractivity contribution in [1.82, 2.24) is 5.43 Å². The predicted molar refractivity (Wildman–Crippen MR) is 48.2 cm³/mol. The largest absolute Gasteiger partial charge is 0.271 e. The highest BCUT2D eigenvalue weighted by molar-refractivity contribution is 4.93. The summed E-state index contributed by atoms with van der Waals surface area (Å²) in [6.45, 7) is 3.61. The van der Waals surface area contributed by atoms with Crippen LogP contribution in [0.15, 0.2) is 12.7 Å². The molecule has 1 rings (SSSR count). The molecule has 2 nitrogen and oxygen atoms in total. The topological polar surface area (TPSA) is 38.0 Å². The molecule has 1 aliphatic carbocycles. The van der Waals surface area contributed by atoms with Crippen LogP contribution in [0.5, 0.6) is 0 Å². The molecule has 0 spiro atoms. The summed E-state index contributed by atoms with van der Waals surface area (Å²) in [5, 5.41) is 0. The van der Waals surface area contributed by atoms with Gasteiger partial charge in [-0.3, -0.25) is 11.3 Å². The summed E-state index contributed by atoms with van der Waals surface area (Å²) in [4.78, 5) is 0. The van der Waals surface area contributed by atoms with Crippen molar-refractivity contribution in [2.75, 3.05) is 0 Å². The molecule has 0 heterocycles. The molecule has 1 aliphatic rings. The summed E-state index contributed by atoms with van der Waals surface area (Å²) in [5.74, 6) is 3.02. The summed E-state index contributed by atoms with van der Waals surface area (Å²) in [7, 11) is 0. The molecule has 0 amide bonds. The van der Waals surface area contributed by atoms with E-state index in [0.29, 0.717) is 12.8 Å². The summed E-state index contributed by atoms with van der Waals surface area (Å²) in [6.07, 6.45) is 2.68. The van der Waals surface area contributed by atoms with Crippen molar-refractivity contribution in [1.29, 1.82) is 0 Å². The van der Waals surface area contributed by atoms with Crippen molar-refractivity contribution < 1.29 is 8.78 Å². The van der Waals surface area contributed by atoms with Crippen molar-refractivity contribution in [3.05, 3.63) is 12.7 Å². The summed E-state index contributed by atoms with van der Waals surface area (Å²) in [5.41, 5.74) is 2.59. The van der Waals surface area contributed by atoms with Gasteiger partial charge >= 0.3 is 0 Å². The molecule has 0 aliphatic heterocycles. The smallest absolute Gasteiger partial charge is 0.248 e. The Morgan fingerprint density at radius 3 is 2.38 bits per heavy atom. The molecule has 4 heteroatoms. The Balaban J connectivity index is 2.44. The van der Waals surface area contributed by atoms with Gasteiger partial charge in [-0.2, -0.15) is 0 Å². The molecule has 1 atom stereocenters. The molecule has 1 saturated carbocycles. The minimum atomic E-state index is -2.46. The van der Waals surface area contributed by atoms with Gasteiger partial charge in [-0.05, 0) is 18.8 Å². The number of hydrazine groups is 1. The zero-order chi connectivity index (χ0) is 9.90. The first kappa shape index (κ1) is 10.6. The molecular formula is C9H16F2N2. The van der Waals surface area contributed by atoms with Crippen molar-refractivity contribution in [2.24, 2.45) is 11.8 Å². The van der Waals surface area contributed by atoms with Gasteiger partial charge in [-0.15, -0.1) is 6.58 Å². The van der Waals surface area contributed by atoms with E-state index in [2.05, 4.69) is 12.0 Å². The molecular weight excluding hydrogens is 174 g/mol. The number of nitrogens with one attached hydrogen (secondary N) is 1. The number of halogens is 2. The molecule has 3 N–H and O–H groups in total. The average Bonchev–Trinajstić information content (AvgIpc) is 2.09. The predicted octanol–water partition coefficient (Wildman–Crippen LogP) is 1.83. The normalized spacial score (nSPS) is 25.5. The second-order valence-electron chi connectivity index (χ2n) is 3.62. The fourth-order valence-corrected chi connectivity index (χ4v) is 1.82. The molecule has 0 aromatic heterocycles. The second kappa shape index (κ2) is 4.15. The van der Waals surface area contributed by atoms with Gasteiger partial charge in [0.05, 0.1) is 0 Å². The summed E-state index contributed by atoms with van der Waals surface area (Å²) in [6, 6.07) is -0.0314. The van der Waals surface area contributed by atoms with Crippen molar-refractivity contribution >= 4 is 0 Å². The Labute approximate surface area is 77.2 Å². The maximum Gasteiger partial charge on any atom is 0.248 e. The van der Waals surface area contributed by atoms with Crippen molar-refractivity contribution in [3.8, 4) is 0 Å².